The lowest BCUT2D eigenvalue weighted by molar-refractivity contribution is -0.138. The molecule has 4 bridgehead atoms. The molecule has 6 aliphatic rings. The highest BCUT2D eigenvalue weighted by Gasteiger charge is 2.59. The summed E-state index contributed by atoms with van der Waals surface area (Å²) in [5.74, 6) is 2.75. The first-order valence-corrected chi connectivity index (χ1v) is 11.3. The maximum absolute atomic E-state index is 13.4. The zero-order chi connectivity index (χ0) is 18.3. The van der Waals surface area contributed by atoms with Gasteiger partial charge in [0.2, 0.25) is 5.91 Å². The van der Waals surface area contributed by atoms with Crippen molar-refractivity contribution >= 4 is 27.5 Å². The summed E-state index contributed by atoms with van der Waals surface area (Å²) in [6, 6.07) is 5.85. The number of hydrogen-bond acceptors (Lipinski definition) is 3. The zero-order valence-electron chi connectivity index (χ0n) is 15.6. The van der Waals surface area contributed by atoms with Crippen molar-refractivity contribution in [1.29, 1.82) is 0 Å². The summed E-state index contributed by atoms with van der Waals surface area (Å²) in [6.45, 7) is 0. The van der Waals surface area contributed by atoms with Gasteiger partial charge in [0, 0.05) is 28.9 Å². The molecule has 1 amide bonds. The lowest BCUT2D eigenvalue weighted by atomic mass is 9.49. The predicted octanol–water partition coefficient (Wildman–Crippen LogP) is 5.40. The summed E-state index contributed by atoms with van der Waals surface area (Å²) in [4.78, 5) is 13.4. The third-order valence-corrected chi connectivity index (χ3v) is 8.56. The second-order valence-electron chi connectivity index (χ2n) is 9.83. The first-order valence-electron chi connectivity index (χ1n) is 10.5. The molecule has 2 unspecified atom stereocenters. The fourth-order valence-electron chi connectivity index (χ4n) is 6.97. The smallest absolute Gasteiger partial charge is 0.251 e. The highest BCUT2D eigenvalue weighted by atomic mass is 79.9. The zero-order valence-corrected chi connectivity index (χ0v) is 17.1. The first-order chi connectivity index (χ1) is 13.0. The number of benzene rings is 1. The number of halogens is 1. The number of nitrogens with one attached hydrogen (secondary N) is 1. The van der Waals surface area contributed by atoms with Gasteiger partial charge in [-0.1, -0.05) is 15.9 Å². The van der Waals surface area contributed by atoms with Crippen molar-refractivity contribution in [2.45, 2.75) is 74.3 Å². The molecule has 5 saturated carbocycles. The monoisotopic (exact) mass is 431 g/mol. The molecule has 27 heavy (non-hydrogen) atoms. The van der Waals surface area contributed by atoms with Gasteiger partial charge in [0.05, 0.1) is 5.41 Å². The van der Waals surface area contributed by atoms with Crippen LogP contribution in [0.1, 0.15) is 64.2 Å². The molecular weight excluding hydrogens is 406 g/mol. The highest BCUT2D eigenvalue weighted by Crippen LogP contribution is 2.64. The minimum atomic E-state index is -0.451. The van der Waals surface area contributed by atoms with E-state index >= 15 is 0 Å². The van der Waals surface area contributed by atoms with Gasteiger partial charge in [-0.3, -0.25) is 4.79 Å². The van der Waals surface area contributed by atoms with E-state index in [0.29, 0.717) is 11.8 Å². The van der Waals surface area contributed by atoms with Gasteiger partial charge < -0.3 is 14.8 Å². The maximum atomic E-state index is 13.4. The van der Waals surface area contributed by atoms with E-state index in [4.69, 9.17) is 9.47 Å². The highest BCUT2D eigenvalue weighted by molar-refractivity contribution is 9.10. The van der Waals surface area contributed by atoms with Crippen molar-refractivity contribution in [1.82, 2.24) is 0 Å². The summed E-state index contributed by atoms with van der Waals surface area (Å²) in [7, 11) is 0. The molecule has 5 heteroatoms. The third kappa shape index (κ3) is 2.56. The number of carbonyl (C=O) groups excluding carboxylic acids is 1. The molecule has 1 spiro atoms. The average Bonchev–Trinajstić information content (AvgIpc) is 3.18. The van der Waals surface area contributed by atoms with Crippen LogP contribution in [0.3, 0.4) is 0 Å². The van der Waals surface area contributed by atoms with Crippen molar-refractivity contribution in [2.24, 2.45) is 17.3 Å². The molecule has 1 aromatic carbocycles. The van der Waals surface area contributed by atoms with Crippen molar-refractivity contribution in [3.05, 3.63) is 18.2 Å². The van der Waals surface area contributed by atoms with Gasteiger partial charge in [-0.25, -0.2) is 0 Å². The van der Waals surface area contributed by atoms with Gasteiger partial charge in [0.25, 0.3) is 5.79 Å². The van der Waals surface area contributed by atoms with Gasteiger partial charge in [-0.05, 0) is 75.3 Å². The quantitative estimate of drug-likeness (QED) is 0.637. The molecule has 7 rings (SSSR count). The lowest BCUT2D eigenvalue weighted by Crippen LogP contribution is -2.57. The minimum absolute atomic E-state index is 0.193. The fourth-order valence-corrected chi connectivity index (χ4v) is 8.42. The number of carbonyl (C=O) groups is 1. The Balaban J connectivity index is 1.23. The number of ether oxygens (including phenoxy) is 2. The molecule has 5 aliphatic carbocycles. The molecule has 1 N–H and O–H groups in total. The van der Waals surface area contributed by atoms with Crippen LogP contribution in [0.15, 0.2) is 18.2 Å². The van der Waals surface area contributed by atoms with E-state index in [1.807, 2.05) is 18.2 Å². The van der Waals surface area contributed by atoms with Crippen molar-refractivity contribution < 1.29 is 14.3 Å². The number of rotatable bonds is 2. The molecule has 1 aromatic rings. The van der Waals surface area contributed by atoms with E-state index in [9.17, 15) is 4.79 Å². The number of fused-ring (bicyclic) bond motifs is 1. The van der Waals surface area contributed by atoms with Gasteiger partial charge in [-0.15, -0.1) is 0 Å². The summed E-state index contributed by atoms with van der Waals surface area (Å²) < 4.78 is 12.4. The van der Waals surface area contributed by atoms with Crippen LogP contribution in [0.2, 0.25) is 0 Å². The van der Waals surface area contributed by atoms with Gasteiger partial charge >= 0.3 is 0 Å². The first kappa shape index (κ1) is 16.7. The molecule has 144 valence electrons. The Kier molecular flexibility index (Phi) is 3.36. The molecule has 0 saturated heterocycles. The predicted molar refractivity (Wildman–Crippen MR) is 106 cm³/mol. The Labute approximate surface area is 168 Å². The molecule has 5 fully saturated rings. The molecule has 2 atom stereocenters. The Morgan fingerprint density at radius 3 is 2.44 bits per heavy atom. The van der Waals surface area contributed by atoms with Crippen LogP contribution in [-0.4, -0.2) is 16.0 Å². The van der Waals surface area contributed by atoms with E-state index in [1.54, 1.807) is 0 Å². The van der Waals surface area contributed by atoms with E-state index in [0.717, 1.165) is 62.1 Å². The number of hydrogen-bond donors (Lipinski definition) is 1. The standard InChI is InChI=1S/C22H26BrNO3/c23-21-11-14-7-15(12-21)10-20(9-14,13-21)19(25)24-16-3-4-17-18(8-16)27-22(26-17)5-1-2-6-22/h3-4,8,14-15H,1-2,5-7,9-13H2,(H,24,25). The maximum Gasteiger partial charge on any atom is 0.251 e. The Morgan fingerprint density at radius 1 is 1.04 bits per heavy atom. The lowest BCUT2D eigenvalue weighted by Gasteiger charge is -2.59. The van der Waals surface area contributed by atoms with Crippen LogP contribution in [0.4, 0.5) is 5.69 Å². The number of amides is 1. The summed E-state index contributed by atoms with van der Waals surface area (Å²) in [5, 5.41) is 3.23. The van der Waals surface area contributed by atoms with Crippen LogP contribution < -0.4 is 14.8 Å². The Hall–Kier alpha value is -1.23. The van der Waals surface area contributed by atoms with Crippen LogP contribution in [0.25, 0.3) is 0 Å². The normalized spacial score (nSPS) is 39.9. The van der Waals surface area contributed by atoms with E-state index in [2.05, 4.69) is 21.2 Å². The van der Waals surface area contributed by atoms with E-state index in [-0.39, 0.29) is 15.6 Å². The van der Waals surface area contributed by atoms with Crippen LogP contribution >= 0.6 is 15.9 Å². The van der Waals surface area contributed by atoms with Crippen molar-refractivity contribution in [3.8, 4) is 11.5 Å². The topological polar surface area (TPSA) is 47.6 Å². The van der Waals surface area contributed by atoms with Gasteiger partial charge in [0.1, 0.15) is 0 Å². The second-order valence-corrected chi connectivity index (χ2v) is 11.5. The second kappa shape index (κ2) is 5.43. The van der Waals surface area contributed by atoms with Crippen molar-refractivity contribution in [2.75, 3.05) is 5.32 Å². The summed E-state index contributed by atoms with van der Waals surface area (Å²) in [5.41, 5.74) is 0.633. The molecule has 0 aromatic heterocycles. The Bertz CT molecular complexity index is 802. The van der Waals surface area contributed by atoms with E-state index in [1.165, 1.54) is 19.3 Å². The number of alkyl halides is 1. The molecule has 4 nitrogen and oxygen atoms in total. The van der Waals surface area contributed by atoms with Gasteiger partial charge in [-0.2, -0.15) is 0 Å². The SMILES string of the molecule is O=C(Nc1ccc2c(c1)OC1(CCCC1)O2)C12CC3CC(CC(Br)(C3)C1)C2. The van der Waals surface area contributed by atoms with Crippen LogP contribution in [0.5, 0.6) is 11.5 Å². The molecule has 1 aliphatic heterocycles. The van der Waals surface area contributed by atoms with Crippen molar-refractivity contribution in [3.63, 3.8) is 0 Å². The number of anilines is 1. The third-order valence-electron chi connectivity index (χ3n) is 7.63. The molecular formula is C22H26BrNO3. The van der Waals surface area contributed by atoms with Crippen LogP contribution in [-0.2, 0) is 4.79 Å². The summed E-state index contributed by atoms with van der Waals surface area (Å²) >= 11 is 4.00. The summed E-state index contributed by atoms with van der Waals surface area (Å²) in [6.07, 6.45) is 11.1. The Morgan fingerprint density at radius 2 is 1.74 bits per heavy atom. The minimum Gasteiger partial charge on any atom is -0.448 e. The molecule has 0 radical (unpaired) electrons. The van der Waals surface area contributed by atoms with E-state index < -0.39 is 5.79 Å². The molecule has 1 heterocycles. The fraction of sp³-hybridized carbons (Fsp3) is 0.682. The van der Waals surface area contributed by atoms with Gasteiger partial charge in [0.15, 0.2) is 11.5 Å². The average molecular weight is 432 g/mol. The largest absolute Gasteiger partial charge is 0.448 e. The van der Waals surface area contributed by atoms with Crippen LogP contribution in [0, 0.1) is 17.3 Å².